The highest BCUT2D eigenvalue weighted by atomic mass is 32.2. The van der Waals surface area contributed by atoms with Gasteiger partial charge in [-0.2, -0.15) is 0 Å². The number of anilines is 1. The maximum atomic E-state index is 14.3. The van der Waals surface area contributed by atoms with E-state index in [0.29, 0.717) is 33.5 Å². The zero-order valence-electron chi connectivity index (χ0n) is 22.8. The Bertz CT molecular complexity index is 1340. The number of nitrogens with zero attached hydrogens (tertiary/aromatic N) is 2. The molecule has 0 amide bonds. The number of hydrogen-bond acceptors (Lipinski definition) is 7. The van der Waals surface area contributed by atoms with Crippen molar-refractivity contribution in [2.45, 2.75) is 64.2 Å². The Morgan fingerprint density at radius 1 is 1.13 bits per heavy atom. The zero-order valence-corrected chi connectivity index (χ0v) is 24.6. The Kier molecular flexibility index (Phi) is 9.88. The number of aliphatic hydroxyl groups excluding tert-OH is 1. The minimum atomic E-state index is -4.20. The minimum absolute atomic E-state index is 0.0428. The van der Waals surface area contributed by atoms with Crippen LogP contribution in [0.5, 0.6) is 0 Å². The summed E-state index contributed by atoms with van der Waals surface area (Å²) in [6.45, 7) is 10.8. The topological polar surface area (TPSA) is 102 Å². The van der Waals surface area contributed by atoms with Crippen LogP contribution in [0.4, 0.5) is 10.3 Å². The molecule has 2 aromatic carbocycles. The van der Waals surface area contributed by atoms with Crippen molar-refractivity contribution in [1.29, 1.82) is 0 Å². The third-order valence-electron chi connectivity index (χ3n) is 6.60. The molecule has 0 aliphatic carbocycles. The molecule has 0 saturated heterocycles. The number of aryl methyl sites for hydroxylation is 1. The highest BCUT2D eigenvalue weighted by Gasteiger charge is 2.34. The number of benzene rings is 2. The van der Waals surface area contributed by atoms with Gasteiger partial charge in [-0.1, -0.05) is 61.2 Å². The highest BCUT2D eigenvalue weighted by Crippen LogP contribution is 2.36. The largest absolute Gasteiger partial charge is 0.392 e. The van der Waals surface area contributed by atoms with E-state index >= 15 is 0 Å². The molecule has 0 aliphatic heterocycles. The van der Waals surface area contributed by atoms with Crippen molar-refractivity contribution in [3.8, 4) is 11.1 Å². The van der Waals surface area contributed by atoms with Gasteiger partial charge in [-0.3, -0.25) is 0 Å². The van der Waals surface area contributed by atoms with Crippen LogP contribution < -0.4 is 4.31 Å². The van der Waals surface area contributed by atoms with Crippen LogP contribution in [0, 0.1) is 13.8 Å². The average molecular weight is 565 g/mol. The summed E-state index contributed by atoms with van der Waals surface area (Å²) in [6.07, 6.45) is 0. The van der Waals surface area contributed by atoms with Gasteiger partial charge in [0.15, 0.2) is 0 Å². The van der Waals surface area contributed by atoms with Gasteiger partial charge in [0, 0.05) is 16.9 Å². The van der Waals surface area contributed by atoms with Gasteiger partial charge >= 0.3 is 0 Å². The van der Waals surface area contributed by atoms with Gasteiger partial charge in [0.2, 0.25) is 5.88 Å². The zero-order chi connectivity index (χ0) is 28.1. The summed E-state index contributed by atoms with van der Waals surface area (Å²) in [5, 5.41) is 13.6. The Morgan fingerprint density at radius 3 is 2.45 bits per heavy atom. The SMILES string of the molecule is Cc1noc(N(COC(C)[Si](C)(C)C)S(=O)(=O)c2ccccc2-c2ccc(CO)cc2COCCF)c1C. The first-order valence-corrected chi connectivity index (χ1v) is 17.5. The molecular formula is C27H37FN2O6SSi. The lowest BCUT2D eigenvalue weighted by Gasteiger charge is -2.29. The first-order valence-electron chi connectivity index (χ1n) is 12.4. The van der Waals surface area contributed by atoms with Crippen molar-refractivity contribution in [2.24, 2.45) is 0 Å². The normalized spacial score (nSPS) is 13.1. The van der Waals surface area contributed by atoms with Gasteiger partial charge in [-0.15, -0.1) is 0 Å². The Hall–Kier alpha value is -2.57. The predicted octanol–water partition coefficient (Wildman–Crippen LogP) is 5.37. The van der Waals surface area contributed by atoms with Crippen molar-refractivity contribution in [1.82, 2.24) is 5.16 Å². The van der Waals surface area contributed by atoms with E-state index in [9.17, 15) is 17.9 Å². The van der Waals surface area contributed by atoms with E-state index < -0.39 is 24.8 Å². The molecule has 1 N–H and O–H groups in total. The van der Waals surface area contributed by atoms with E-state index in [-0.39, 0.29) is 43.1 Å². The molecule has 1 heterocycles. The van der Waals surface area contributed by atoms with Crippen LogP contribution in [-0.2, 0) is 32.7 Å². The van der Waals surface area contributed by atoms with Crippen LogP contribution in [0.25, 0.3) is 11.1 Å². The molecular weight excluding hydrogens is 527 g/mol. The maximum Gasteiger partial charge on any atom is 0.269 e. The fraction of sp³-hybridized carbons (Fsp3) is 0.444. The van der Waals surface area contributed by atoms with Gasteiger partial charge in [0.05, 0.1) is 38.5 Å². The second-order valence-corrected chi connectivity index (χ2v) is 17.6. The van der Waals surface area contributed by atoms with E-state index in [4.69, 9.17) is 14.0 Å². The number of aromatic nitrogens is 1. The molecule has 1 atom stereocenters. The van der Waals surface area contributed by atoms with Crippen LogP contribution in [0.2, 0.25) is 19.6 Å². The first kappa shape index (κ1) is 30.0. The second-order valence-electron chi connectivity index (χ2n) is 10.2. The molecule has 1 unspecified atom stereocenters. The van der Waals surface area contributed by atoms with E-state index in [1.165, 1.54) is 6.07 Å². The average Bonchev–Trinajstić information content (AvgIpc) is 3.21. The van der Waals surface area contributed by atoms with Crippen molar-refractivity contribution in [3.63, 3.8) is 0 Å². The summed E-state index contributed by atoms with van der Waals surface area (Å²) in [4.78, 5) is 0.0428. The third-order valence-corrected chi connectivity index (χ3v) is 11.0. The van der Waals surface area contributed by atoms with E-state index in [0.717, 1.165) is 4.31 Å². The first-order chi connectivity index (χ1) is 17.9. The third kappa shape index (κ3) is 6.70. The van der Waals surface area contributed by atoms with Crippen LogP contribution in [-0.4, -0.2) is 52.5 Å². The fourth-order valence-electron chi connectivity index (χ4n) is 3.70. The number of alkyl halides is 1. The number of ether oxygens (including phenoxy) is 2. The van der Waals surface area contributed by atoms with Crippen LogP contribution >= 0.6 is 0 Å². The molecule has 11 heteroatoms. The maximum absolute atomic E-state index is 14.3. The minimum Gasteiger partial charge on any atom is -0.392 e. The summed E-state index contributed by atoms with van der Waals surface area (Å²) >= 11 is 0. The molecule has 1 aromatic heterocycles. The Labute approximate surface area is 225 Å². The Morgan fingerprint density at radius 2 is 1.84 bits per heavy atom. The Balaban J connectivity index is 2.14. The van der Waals surface area contributed by atoms with Crippen molar-refractivity contribution in [3.05, 3.63) is 64.8 Å². The van der Waals surface area contributed by atoms with Gasteiger partial charge in [0.25, 0.3) is 10.0 Å². The summed E-state index contributed by atoms with van der Waals surface area (Å²) in [5.74, 6) is 0.0993. The van der Waals surface area contributed by atoms with Gasteiger partial charge in [-0.05, 0) is 43.5 Å². The summed E-state index contributed by atoms with van der Waals surface area (Å²) in [7, 11) is -5.92. The lowest BCUT2D eigenvalue weighted by molar-refractivity contribution is 0.107. The molecule has 38 heavy (non-hydrogen) atoms. The molecule has 0 spiro atoms. The van der Waals surface area contributed by atoms with Gasteiger partial charge < -0.3 is 19.1 Å². The lowest BCUT2D eigenvalue weighted by atomic mass is 9.98. The molecule has 3 aromatic rings. The number of hydrogen-bond donors (Lipinski definition) is 1. The number of halogens is 1. The van der Waals surface area contributed by atoms with Crippen LogP contribution in [0.1, 0.15) is 29.3 Å². The van der Waals surface area contributed by atoms with Gasteiger partial charge in [0.1, 0.15) is 13.4 Å². The number of aliphatic hydroxyl groups is 1. The van der Waals surface area contributed by atoms with Crippen LogP contribution in [0.15, 0.2) is 51.9 Å². The standard InChI is InChI=1S/C27H37FN2O6SSi/c1-19-20(2)29-36-27(19)30(18-35-21(3)38(4,5)6)37(32,33)26-10-8-7-9-25(26)24-12-11-22(16-31)15-23(24)17-34-14-13-28/h7-12,15,21,31H,13-14,16-18H2,1-6H3. The quantitative estimate of drug-likeness (QED) is 0.169. The summed E-state index contributed by atoms with van der Waals surface area (Å²) in [6, 6.07) is 11.8. The number of rotatable bonds is 13. The molecule has 0 bridgehead atoms. The molecule has 8 nitrogen and oxygen atoms in total. The summed E-state index contributed by atoms with van der Waals surface area (Å²) in [5.41, 5.74) is 3.37. The van der Waals surface area contributed by atoms with Crippen molar-refractivity contribution in [2.75, 3.05) is 24.3 Å². The van der Waals surface area contributed by atoms with E-state index in [1.54, 1.807) is 50.2 Å². The van der Waals surface area contributed by atoms with Crippen molar-refractivity contribution >= 4 is 24.0 Å². The summed E-state index contributed by atoms with van der Waals surface area (Å²) < 4.78 is 59.4. The molecule has 0 fully saturated rings. The second kappa shape index (κ2) is 12.5. The predicted molar refractivity (Wildman–Crippen MR) is 148 cm³/mol. The molecule has 3 rings (SSSR count). The van der Waals surface area contributed by atoms with Crippen LogP contribution in [0.3, 0.4) is 0 Å². The molecule has 0 radical (unpaired) electrons. The van der Waals surface area contributed by atoms with E-state index in [2.05, 4.69) is 24.8 Å². The van der Waals surface area contributed by atoms with Gasteiger partial charge in [-0.25, -0.2) is 17.1 Å². The number of sulfonamides is 1. The lowest BCUT2D eigenvalue weighted by Crippen LogP contribution is -2.42. The highest BCUT2D eigenvalue weighted by molar-refractivity contribution is 7.93. The monoisotopic (exact) mass is 564 g/mol. The molecule has 208 valence electrons. The molecule has 0 aliphatic rings. The fourth-order valence-corrected chi connectivity index (χ4v) is 5.81. The van der Waals surface area contributed by atoms with Crippen molar-refractivity contribution < 1.29 is 31.9 Å². The molecule has 0 saturated carbocycles. The van der Waals surface area contributed by atoms with E-state index in [1.807, 2.05) is 6.92 Å². The smallest absolute Gasteiger partial charge is 0.269 e.